The first-order chi connectivity index (χ1) is 9.24. The van der Waals surface area contributed by atoms with Crippen molar-refractivity contribution in [2.24, 2.45) is 0 Å². The Kier molecular flexibility index (Phi) is 5.15. The minimum atomic E-state index is 0.0374. The number of hydrogen-bond donors (Lipinski definition) is 1. The van der Waals surface area contributed by atoms with E-state index in [-0.39, 0.29) is 5.91 Å². The summed E-state index contributed by atoms with van der Waals surface area (Å²) in [6.45, 7) is 7.11. The fourth-order valence-electron chi connectivity index (χ4n) is 2.23. The molecule has 0 unspecified atom stereocenters. The van der Waals surface area contributed by atoms with E-state index in [9.17, 15) is 4.79 Å². The second-order valence-electron chi connectivity index (χ2n) is 4.52. The lowest BCUT2D eigenvalue weighted by molar-refractivity contribution is 0.0144. The van der Waals surface area contributed by atoms with Gasteiger partial charge < -0.3 is 15.0 Å². The van der Waals surface area contributed by atoms with Gasteiger partial charge in [-0.3, -0.25) is 4.79 Å². The van der Waals surface area contributed by atoms with Crippen molar-refractivity contribution in [3.63, 3.8) is 0 Å². The summed E-state index contributed by atoms with van der Waals surface area (Å²) in [5.41, 5.74) is 0.552. The lowest BCUT2D eigenvalue weighted by Gasteiger charge is -2.31. The molecule has 2 rings (SSSR count). The molecule has 1 N–H and O–H groups in total. The number of carbonyl (C=O) groups excluding carboxylic acids is 1. The quantitative estimate of drug-likeness (QED) is 0.900. The highest BCUT2D eigenvalue weighted by molar-refractivity contribution is 7.13. The highest BCUT2D eigenvalue weighted by Gasteiger charge is 2.25. The number of nitrogens with zero attached hydrogens (tertiary/aromatic N) is 2. The normalized spacial score (nSPS) is 16.6. The predicted octanol–water partition coefficient (Wildman–Crippen LogP) is 2.22. The van der Waals surface area contributed by atoms with Crippen LogP contribution in [0.5, 0.6) is 0 Å². The van der Waals surface area contributed by atoms with Crippen molar-refractivity contribution in [1.29, 1.82) is 0 Å². The number of ether oxygens (including phenoxy) is 1. The van der Waals surface area contributed by atoms with E-state index in [0.717, 1.165) is 44.2 Å². The first-order valence-electron chi connectivity index (χ1n) is 6.84. The Morgan fingerprint density at radius 3 is 2.89 bits per heavy atom. The number of nitrogens with one attached hydrogen (secondary N) is 1. The van der Waals surface area contributed by atoms with Gasteiger partial charge in [-0.1, -0.05) is 0 Å². The highest BCUT2D eigenvalue weighted by Crippen LogP contribution is 2.19. The molecule has 1 amide bonds. The fraction of sp³-hybridized carbons (Fsp3) is 0.692. The van der Waals surface area contributed by atoms with E-state index in [0.29, 0.717) is 11.8 Å². The molecule has 1 aromatic rings. The van der Waals surface area contributed by atoms with Gasteiger partial charge in [-0.05, 0) is 26.7 Å². The summed E-state index contributed by atoms with van der Waals surface area (Å²) in [5, 5.41) is 5.77. The maximum atomic E-state index is 12.3. The number of amides is 1. The van der Waals surface area contributed by atoms with Crippen molar-refractivity contribution in [3.05, 3.63) is 11.1 Å². The van der Waals surface area contributed by atoms with E-state index >= 15 is 0 Å². The first kappa shape index (κ1) is 14.3. The SMILES string of the molecule is CCNc1nc(C(=O)N2CCC(OCC)CC2)cs1. The average Bonchev–Trinajstić information content (AvgIpc) is 2.88. The van der Waals surface area contributed by atoms with E-state index in [2.05, 4.69) is 10.3 Å². The standard InChI is InChI=1S/C13H21N3O2S/c1-3-14-13-15-11(9-19-13)12(17)16-7-5-10(6-8-16)18-4-2/h9-10H,3-8H2,1-2H3,(H,14,15). The zero-order chi connectivity index (χ0) is 13.7. The maximum absolute atomic E-state index is 12.3. The number of carbonyl (C=O) groups is 1. The molecule has 0 aliphatic carbocycles. The van der Waals surface area contributed by atoms with Crippen LogP contribution in [0.25, 0.3) is 0 Å². The van der Waals surface area contributed by atoms with E-state index < -0.39 is 0 Å². The minimum Gasteiger partial charge on any atom is -0.378 e. The summed E-state index contributed by atoms with van der Waals surface area (Å²) in [6, 6.07) is 0. The lowest BCUT2D eigenvalue weighted by atomic mass is 10.1. The van der Waals surface area contributed by atoms with Gasteiger partial charge in [-0.15, -0.1) is 11.3 Å². The van der Waals surface area contributed by atoms with Crippen LogP contribution in [0.1, 0.15) is 37.2 Å². The van der Waals surface area contributed by atoms with Crippen LogP contribution in [0.2, 0.25) is 0 Å². The van der Waals surface area contributed by atoms with Gasteiger partial charge in [0.2, 0.25) is 0 Å². The van der Waals surface area contributed by atoms with Crippen LogP contribution >= 0.6 is 11.3 Å². The Balaban J connectivity index is 1.89. The van der Waals surface area contributed by atoms with Crippen molar-refractivity contribution in [2.45, 2.75) is 32.8 Å². The van der Waals surface area contributed by atoms with Gasteiger partial charge >= 0.3 is 0 Å². The molecule has 0 atom stereocenters. The van der Waals surface area contributed by atoms with Crippen LogP contribution < -0.4 is 5.32 Å². The summed E-state index contributed by atoms with van der Waals surface area (Å²) >= 11 is 1.48. The molecule has 1 aliphatic heterocycles. The molecule has 19 heavy (non-hydrogen) atoms. The summed E-state index contributed by atoms with van der Waals surface area (Å²) in [4.78, 5) is 18.5. The van der Waals surface area contributed by atoms with Crippen molar-refractivity contribution in [1.82, 2.24) is 9.88 Å². The molecule has 1 aliphatic rings. The van der Waals surface area contributed by atoms with Gasteiger partial charge in [0.15, 0.2) is 5.13 Å². The summed E-state index contributed by atoms with van der Waals surface area (Å²) in [7, 11) is 0. The number of aromatic nitrogens is 1. The molecule has 106 valence electrons. The third kappa shape index (κ3) is 3.67. The fourth-order valence-corrected chi connectivity index (χ4v) is 2.98. The van der Waals surface area contributed by atoms with Crippen LogP contribution in [-0.2, 0) is 4.74 Å². The number of anilines is 1. The van der Waals surface area contributed by atoms with E-state index in [1.165, 1.54) is 11.3 Å². The van der Waals surface area contributed by atoms with Gasteiger partial charge in [0.1, 0.15) is 5.69 Å². The molecular weight excluding hydrogens is 262 g/mol. The number of piperidine rings is 1. The zero-order valence-electron chi connectivity index (χ0n) is 11.5. The largest absolute Gasteiger partial charge is 0.378 e. The van der Waals surface area contributed by atoms with Gasteiger partial charge in [-0.2, -0.15) is 0 Å². The molecule has 1 aromatic heterocycles. The Bertz CT molecular complexity index is 414. The molecule has 5 nitrogen and oxygen atoms in total. The zero-order valence-corrected chi connectivity index (χ0v) is 12.3. The molecule has 6 heteroatoms. The Morgan fingerprint density at radius 2 is 2.26 bits per heavy atom. The summed E-state index contributed by atoms with van der Waals surface area (Å²) in [5.74, 6) is 0.0374. The first-order valence-corrected chi connectivity index (χ1v) is 7.72. The molecule has 1 saturated heterocycles. The average molecular weight is 283 g/mol. The monoisotopic (exact) mass is 283 g/mol. The topological polar surface area (TPSA) is 54.5 Å². The number of hydrogen-bond acceptors (Lipinski definition) is 5. The Labute approximate surface area is 118 Å². The van der Waals surface area contributed by atoms with Gasteiger partial charge in [0.05, 0.1) is 6.10 Å². The maximum Gasteiger partial charge on any atom is 0.273 e. The van der Waals surface area contributed by atoms with E-state index in [1.807, 2.05) is 24.1 Å². The molecule has 0 saturated carbocycles. The van der Waals surface area contributed by atoms with Crippen molar-refractivity contribution in [2.75, 3.05) is 31.6 Å². The van der Waals surface area contributed by atoms with Gasteiger partial charge in [-0.25, -0.2) is 4.98 Å². The predicted molar refractivity (Wildman–Crippen MR) is 76.8 cm³/mol. The smallest absolute Gasteiger partial charge is 0.273 e. The van der Waals surface area contributed by atoms with Gasteiger partial charge in [0, 0.05) is 31.6 Å². The highest BCUT2D eigenvalue weighted by atomic mass is 32.1. The Morgan fingerprint density at radius 1 is 1.53 bits per heavy atom. The lowest BCUT2D eigenvalue weighted by Crippen LogP contribution is -2.41. The van der Waals surface area contributed by atoms with Crippen LogP contribution in [0, 0.1) is 0 Å². The third-order valence-electron chi connectivity index (χ3n) is 3.18. The number of thiazole rings is 1. The summed E-state index contributed by atoms with van der Waals surface area (Å²) in [6.07, 6.45) is 2.15. The second kappa shape index (κ2) is 6.86. The molecule has 0 radical (unpaired) electrons. The van der Waals surface area contributed by atoms with Crippen LogP contribution in [-0.4, -0.2) is 48.1 Å². The van der Waals surface area contributed by atoms with Crippen molar-refractivity contribution in [3.8, 4) is 0 Å². The number of likely N-dealkylation sites (tertiary alicyclic amines) is 1. The minimum absolute atomic E-state index is 0.0374. The van der Waals surface area contributed by atoms with E-state index in [4.69, 9.17) is 4.74 Å². The Hall–Kier alpha value is -1.14. The molecule has 2 heterocycles. The van der Waals surface area contributed by atoms with E-state index in [1.54, 1.807) is 0 Å². The summed E-state index contributed by atoms with van der Waals surface area (Å²) < 4.78 is 5.59. The second-order valence-corrected chi connectivity index (χ2v) is 5.37. The molecule has 0 aromatic carbocycles. The number of rotatable bonds is 5. The molecule has 0 bridgehead atoms. The van der Waals surface area contributed by atoms with Crippen molar-refractivity contribution < 1.29 is 9.53 Å². The van der Waals surface area contributed by atoms with Crippen molar-refractivity contribution >= 4 is 22.4 Å². The van der Waals surface area contributed by atoms with Gasteiger partial charge in [0.25, 0.3) is 5.91 Å². The van der Waals surface area contributed by atoms with Crippen LogP contribution in [0.3, 0.4) is 0 Å². The van der Waals surface area contributed by atoms with Crippen LogP contribution in [0.15, 0.2) is 5.38 Å². The molecular formula is C13H21N3O2S. The third-order valence-corrected chi connectivity index (χ3v) is 3.98. The molecule has 1 fully saturated rings. The van der Waals surface area contributed by atoms with Crippen LogP contribution in [0.4, 0.5) is 5.13 Å². The molecule has 0 spiro atoms.